The Labute approximate surface area is 204 Å². The Morgan fingerprint density at radius 2 is 1.97 bits per heavy atom. The summed E-state index contributed by atoms with van der Waals surface area (Å²) in [7, 11) is -1.69. The third-order valence-electron chi connectivity index (χ3n) is 6.34. The van der Waals surface area contributed by atoms with Crippen LogP contribution in [0.4, 0.5) is 19.0 Å². The SMILES string of the molecule is COc1nc2[nH]c(=O)nc(N[C@H](C)c3cccc(C(F)(F)CO)c3F)c2cc1C1CCS(=O)(=O)CC1. The quantitative estimate of drug-likeness (QED) is 0.428. The number of aromatic nitrogens is 3. The normalized spacial score (nSPS) is 17.2. The van der Waals surface area contributed by atoms with E-state index in [1.165, 1.54) is 26.2 Å². The number of aliphatic hydroxyl groups excluding tert-OH is 1. The zero-order valence-electron chi connectivity index (χ0n) is 19.5. The van der Waals surface area contributed by atoms with Gasteiger partial charge in [0.1, 0.15) is 33.7 Å². The molecule has 3 aromatic rings. The van der Waals surface area contributed by atoms with Crippen molar-refractivity contribution in [3.8, 4) is 5.88 Å². The monoisotopic (exact) mass is 526 g/mol. The topological polar surface area (TPSA) is 134 Å². The number of hydrogen-bond donors (Lipinski definition) is 3. The molecule has 0 spiro atoms. The maximum atomic E-state index is 15.0. The fourth-order valence-corrected chi connectivity index (χ4v) is 5.87. The van der Waals surface area contributed by atoms with Gasteiger partial charge in [0.2, 0.25) is 5.88 Å². The molecule has 0 bridgehead atoms. The molecule has 0 unspecified atom stereocenters. The molecule has 9 nitrogen and oxygen atoms in total. The van der Waals surface area contributed by atoms with Gasteiger partial charge < -0.3 is 15.2 Å². The number of pyridine rings is 1. The average Bonchev–Trinajstić information content (AvgIpc) is 2.83. The molecule has 4 rings (SSSR count). The van der Waals surface area contributed by atoms with Gasteiger partial charge in [-0.3, -0.25) is 4.98 Å². The molecule has 1 aliphatic rings. The van der Waals surface area contributed by atoms with Crippen LogP contribution >= 0.6 is 0 Å². The molecule has 0 amide bonds. The van der Waals surface area contributed by atoms with Crippen molar-refractivity contribution < 1.29 is 31.4 Å². The van der Waals surface area contributed by atoms with E-state index in [0.29, 0.717) is 23.8 Å². The Morgan fingerprint density at radius 1 is 1.28 bits per heavy atom. The Bertz CT molecular complexity index is 1450. The van der Waals surface area contributed by atoms with Crippen molar-refractivity contribution in [2.24, 2.45) is 0 Å². The van der Waals surface area contributed by atoms with Crippen LogP contribution in [0.3, 0.4) is 0 Å². The number of H-pyrrole nitrogens is 1. The third kappa shape index (κ3) is 5.03. The average molecular weight is 527 g/mol. The fraction of sp³-hybridized carbons (Fsp3) is 0.435. The van der Waals surface area contributed by atoms with Crippen molar-refractivity contribution in [3.63, 3.8) is 0 Å². The zero-order valence-corrected chi connectivity index (χ0v) is 20.3. The van der Waals surface area contributed by atoms with Crippen LogP contribution in [0.15, 0.2) is 29.1 Å². The van der Waals surface area contributed by atoms with Gasteiger partial charge in [-0.05, 0) is 37.8 Å². The van der Waals surface area contributed by atoms with E-state index in [0.717, 1.165) is 6.07 Å². The van der Waals surface area contributed by atoms with Crippen molar-refractivity contribution >= 4 is 26.7 Å². The van der Waals surface area contributed by atoms with E-state index in [2.05, 4.69) is 20.3 Å². The summed E-state index contributed by atoms with van der Waals surface area (Å²) < 4.78 is 72.1. The highest BCUT2D eigenvalue weighted by atomic mass is 32.2. The van der Waals surface area contributed by atoms with Crippen LogP contribution in [0.2, 0.25) is 0 Å². The minimum Gasteiger partial charge on any atom is -0.481 e. The second-order valence-corrected chi connectivity index (χ2v) is 11.0. The van der Waals surface area contributed by atoms with Crippen LogP contribution in [0.5, 0.6) is 5.88 Å². The molecule has 1 saturated heterocycles. The number of anilines is 1. The molecule has 0 aliphatic carbocycles. The lowest BCUT2D eigenvalue weighted by molar-refractivity contribution is -0.0583. The van der Waals surface area contributed by atoms with Gasteiger partial charge in [0.25, 0.3) is 5.92 Å². The van der Waals surface area contributed by atoms with Gasteiger partial charge in [0.15, 0.2) is 0 Å². The van der Waals surface area contributed by atoms with Gasteiger partial charge in [0.05, 0.1) is 35.6 Å². The van der Waals surface area contributed by atoms with E-state index < -0.39 is 45.5 Å². The molecule has 194 valence electrons. The van der Waals surface area contributed by atoms with E-state index in [9.17, 15) is 26.4 Å². The van der Waals surface area contributed by atoms with Crippen LogP contribution < -0.4 is 15.7 Å². The molecule has 2 aromatic heterocycles. The summed E-state index contributed by atoms with van der Waals surface area (Å²) in [6.07, 6.45) is 0.748. The van der Waals surface area contributed by atoms with E-state index in [-0.39, 0.29) is 40.3 Å². The van der Waals surface area contributed by atoms with Gasteiger partial charge in [-0.25, -0.2) is 17.6 Å². The predicted molar refractivity (Wildman–Crippen MR) is 127 cm³/mol. The number of ether oxygens (including phenoxy) is 1. The predicted octanol–water partition coefficient (Wildman–Crippen LogP) is 3.02. The van der Waals surface area contributed by atoms with Crippen molar-refractivity contribution in [2.45, 2.75) is 37.6 Å². The Balaban J connectivity index is 1.75. The van der Waals surface area contributed by atoms with E-state index in [4.69, 9.17) is 9.84 Å². The first-order valence-corrected chi connectivity index (χ1v) is 13.0. The number of aliphatic hydroxyl groups is 1. The highest BCUT2D eigenvalue weighted by Crippen LogP contribution is 2.37. The minimum atomic E-state index is -3.77. The highest BCUT2D eigenvalue weighted by molar-refractivity contribution is 7.91. The lowest BCUT2D eigenvalue weighted by Crippen LogP contribution is -2.23. The number of benzene rings is 1. The van der Waals surface area contributed by atoms with Gasteiger partial charge in [-0.2, -0.15) is 18.7 Å². The van der Waals surface area contributed by atoms with Gasteiger partial charge >= 0.3 is 5.69 Å². The van der Waals surface area contributed by atoms with Crippen LogP contribution in [-0.2, 0) is 15.8 Å². The lowest BCUT2D eigenvalue weighted by atomic mass is 9.93. The zero-order chi connectivity index (χ0) is 26.3. The molecular formula is C23H25F3N4O5S. The number of alkyl halides is 2. The van der Waals surface area contributed by atoms with E-state index >= 15 is 0 Å². The first kappa shape index (κ1) is 25.9. The number of halogens is 3. The molecule has 13 heteroatoms. The Morgan fingerprint density at radius 3 is 2.61 bits per heavy atom. The number of sulfone groups is 1. The van der Waals surface area contributed by atoms with Crippen molar-refractivity contribution in [1.82, 2.24) is 15.0 Å². The maximum Gasteiger partial charge on any atom is 0.348 e. The van der Waals surface area contributed by atoms with Crippen LogP contribution in [0, 0.1) is 5.82 Å². The van der Waals surface area contributed by atoms with Gasteiger partial charge in [0, 0.05) is 11.1 Å². The number of nitrogens with one attached hydrogen (secondary N) is 2. The van der Waals surface area contributed by atoms with E-state index in [1.807, 2.05) is 0 Å². The second-order valence-electron chi connectivity index (χ2n) is 8.74. The van der Waals surface area contributed by atoms with Crippen molar-refractivity contribution in [3.05, 3.63) is 57.3 Å². The summed E-state index contributed by atoms with van der Waals surface area (Å²) >= 11 is 0. The first-order chi connectivity index (χ1) is 17.0. The molecule has 1 atom stereocenters. The summed E-state index contributed by atoms with van der Waals surface area (Å²) in [5, 5.41) is 12.2. The molecule has 36 heavy (non-hydrogen) atoms. The van der Waals surface area contributed by atoms with Gasteiger partial charge in [-0.1, -0.05) is 12.1 Å². The summed E-state index contributed by atoms with van der Waals surface area (Å²) in [6, 6.07) is 4.25. The van der Waals surface area contributed by atoms with Crippen LogP contribution in [-0.4, -0.2) is 53.7 Å². The number of rotatable bonds is 7. The molecule has 0 radical (unpaired) electrons. The Kier molecular flexibility index (Phi) is 6.97. The number of methoxy groups -OCH3 is 1. The Hall–Kier alpha value is -3.19. The molecule has 0 saturated carbocycles. The maximum absolute atomic E-state index is 15.0. The first-order valence-electron chi connectivity index (χ1n) is 11.2. The lowest BCUT2D eigenvalue weighted by Gasteiger charge is -2.24. The number of hydrogen-bond acceptors (Lipinski definition) is 8. The van der Waals surface area contributed by atoms with Crippen LogP contribution in [0.1, 0.15) is 48.4 Å². The summed E-state index contributed by atoms with van der Waals surface area (Å²) in [4.78, 5) is 23.0. The smallest absolute Gasteiger partial charge is 0.348 e. The molecule has 3 heterocycles. The van der Waals surface area contributed by atoms with Crippen LogP contribution in [0.25, 0.3) is 11.0 Å². The molecular weight excluding hydrogens is 501 g/mol. The molecule has 1 fully saturated rings. The number of fused-ring (bicyclic) bond motifs is 1. The highest BCUT2D eigenvalue weighted by Gasteiger charge is 2.35. The van der Waals surface area contributed by atoms with Crippen molar-refractivity contribution in [2.75, 3.05) is 30.5 Å². The largest absolute Gasteiger partial charge is 0.481 e. The van der Waals surface area contributed by atoms with Gasteiger partial charge in [-0.15, -0.1) is 0 Å². The summed E-state index contributed by atoms with van der Waals surface area (Å²) in [5.74, 6) is -4.78. The molecule has 1 aliphatic heterocycles. The summed E-state index contributed by atoms with van der Waals surface area (Å²) in [5.41, 5.74) is -1.03. The minimum absolute atomic E-state index is 0.0267. The number of nitrogens with zero attached hydrogens (tertiary/aromatic N) is 2. The molecule has 1 aromatic carbocycles. The second kappa shape index (κ2) is 9.69. The van der Waals surface area contributed by atoms with E-state index in [1.54, 1.807) is 6.07 Å². The number of aromatic amines is 1. The summed E-state index contributed by atoms with van der Waals surface area (Å²) in [6.45, 7) is -0.0357. The fourth-order valence-electron chi connectivity index (χ4n) is 4.38. The third-order valence-corrected chi connectivity index (χ3v) is 8.05. The standard InChI is InChI=1S/C23H25F3N4O5S/c1-12(14-4-3-5-17(18(14)24)23(25,26)11-31)27-19-16-10-15(13-6-8-36(33,34)9-7-13)21(35-2)28-20(16)30-22(32)29-19/h3-5,10,12-13,31H,6-9,11H2,1-2H3,(H2,27,28,29,30,32)/t12-/m1/s1. The van der Waals surface area contributed by atoms with Crippen molar-refractivity contribution in [1.29, 1.82) is 0 Å². The molecule has 3 N–H and O–H groups in total.